The highest BCUT2D eigenvalue weighted by molar-refractivity contribution is 6.11. The molecule has 0 amide bonds. The van der Waals surface area contributed by atoms with E-state index in [0.717, 1.165) is 52.1 Å². The largest absolute Gasteiger partial charge is 0.297 e. The van der Waals surface area contributed by atoms with Crippen molar-refractivity contribution in [2.24, 2.45) is 15.3 Å². The van der Waals surface area contributed by atoms with Gasteiger partial charge in [-0.2, -0.15) is 15.3 Å². The molecule has 0 radical (unpaired) electrons. The fourth-order valence-corrected chi connectivity index (χ4v) is 4.41. The maximum atomic E-state index is 5.05. The number of hydrazone groups is 3. The average Bonchev–Trinajstić information content (AvgIpc) is 2.70. The Labute approximate surface area is 171 Å². The smallest absolute Gasteiger partial charge is 0.0494 e. The number of nitrogens with zero attached hydrogens (tertiary/aromatic N) is 6. The highest BCUT2D eigenvalue weighted by Gasteiger charge is 2.14. The lowest BCUT2D eigenvalue weighted by atomic mass is 10.1. The molecule has 0 spiro atoms. The van der Waals surface area contributed by atoms with Crippen LogP contribution in [0.2, 0.25) is 0 Å². The molecule has 0 aliphatic carbocycles. The summed E-state index contributed by atoms with van der Waals surface area (Å²) >= 11 is 0. The van der Waals surface area contributed by atoms with E-state index in [2.05, 4.69) is 28.9 Å². The van der Waals surface area contributed by atoms with Gasteiger partial charge in [-0.25, -0.2) is 0 Å². The molecule has 3 heterocycles. The minimum Gasteiger partial charge on any atom is -0.297 e. The maximum absolute atomic E-state index is 5.05. The molecule has 6 nitrogen and oxygen atoms in total. The van der Waals surface area contributed by atoms with Crippen molar-refractivity contribution < 1.29 is 0 Å². The Bertz CT molecular complexity index is 511. The van der Waals surface area contributed by atoms with Crippen molar-refractivity contribution in [3.05, 3.63) is 0 Å². The van der Waals surface area contributed by atoms with Crippen LogP contribution >= 0.6 is 0 Å². The molecule has 0 bridgehead atoms. The molecule has 0 aromatic rings. The number of piperidine rings is 3. The lowest BCUT2D eigenvalue weighted by Gasteiger charge is -2.27. The molecule has 3 rings (SSSR count). The summed E-state index contributed by atoms with van der Waals surface area (Å²) in [4.78, 5) is 0. The van der Waals surface area contributed by atoms with Gasteiger partial charge in [-0.3, -0.25) is 15.0 Å². The Hall–Kier alpha value is -1.59. The third kappa shape index (κ3) is 7.44. The Morgan fingerprint density at radius 1 is 0.500 bits per heavy atom. The van der Waals surface area contributed by atoms with Crippen LogP contribution in [0.1, 0.15) is 84.5 Å². The van der Waals surface area contributed by atoms with Gasteiger partial charge < -0.3 is 0 Å². The lowest BCUT2D eigenvalue weighted by Crippen LogP contribution is -2.29. The standard InChI is InChI=1S/C22H40N6/c1-20(23-26-12-6-3-7-13-26)18-22(25-28-16-10-5-11-17-28)19-21(2)24-27-14-8-4-9-15-27/h3-19H2,1-2H3/b23-20+,24-21+. The van der Waals surface area contributed by atoms with Gasteiger partial charge in [0.15, 0.2) is 0 Å². The van der Waals surface area contributed by atoms with Gasteiger partial charge in [0, 0.05) is 69.2 Å². The van der Waals surface area contributed by atoms with Crippen molar-refractivity contribution in [2.45, 2.75) is 84.5 Å². The second kappa shape index (κ2) is 11.4. The van der Waals surface area contributed by atoms with Gasteiger partial charge in [0.1, 0.15) is 0 Å². The number of hydrogen-bond acceptors (Lipinski definition) is 6. The summed E-state index contributed by atoms with van der Waals surface area (Å²) < 4.78 is 0. The van der Waals surface area contributed by atoms with Gasteiger partial charge in [0.05, 0.1) is 0 Å². The summed E-state index contributed by atoms with van der Waals surface area (Å²) in [6.45, 7) is 10.9. The summed E-state index contributed by atoms with van der Waals surface area (Å²) in [5, 5.41) is 21.6. The Balaban J connectivity index is 1.64. The van der Waals surface area contributed by atoms with Crippen molar-refractivity contribution in [1.29, 1.82) is 0 Å². The third-order valence-corrected chi connectivity index (χ3v) is 5.82. The minimum atomic E-state index is 0.861. The Kier molecular flexibility index (Phi) is 8.62. The molecule has 3 aliphatic rings. The summed E-state index contributed by atoms with van der Waals surface area (Å²) in [5.41, 5.74) is 3.59. The molecule has 3 fully saturated rings. The second-order valence-corrected chi connectivity index (χ2v) is 8.73. The molecule has 6 heteroatoms. The zero-order valence-electron chi connectivity index (χ0n) is 18.2. The normalized spacial score (nSPS) is 22.4. The fraction of sp³-hybridized carbons (Fsp3) is 0.864. The zero-order chi connectivity index (χ0) is 19.6. The van der Waals surface area contributed by atoms with Crippen LogP contribution in [0, 0.1) is 0 Å². The molecule has 0 saturated carbocycles. The quantitative estimate of drug-likeness (QED) is 0.610. The summed E-state index contributed by atoms with van der Waals surface area (Å²) in [6, 6.07) is 0. The van der Waals surface area contributed by atoms with Crippen LogP contribution in [0.15, 0.2) is 15.3 Å². The molecule has 3 saturated heterocycles. The lowest BCUT2D eigenvalue weighted by molar-refractivity contribution is 0.236. The summed E-state index contributed by atoms with van der Waals surface area (Å²) in [7, 11) is 0. The first-order chi connectivity index (χ1) is 13.7. The zero-order valence-corrected chi connectivity index (χ0v) is 18.2. The van der Waals surface area contributed by atoms with Gasteiger partial charge in [0.2, 0.25) is 0 Å². The van der Waals surface area contributed by atoms with Gasteiger partial charge in [0.25, 0.3) is 0 Å². The van der Waals surface area contributed by atoms with E-state index in [1.165, 1.54) is 74.9 Å². The third-order valence-electron chi connectivity index (χ3n) is 5.82. The van der Waals surface area contributed by atoms with Crippen molar-refractivity contribution in [2.75, 3.05) is 39.3 Å². The molecular formula is C22H40N6. The van der Waals surface area contributed by atoms with E-state index in [9.17, 15) is 0 Å². The molecule has 3 aliphatic heterocycles. The summed E-state index contributed by atoms with van der Waals surface area (Å²) in [6.07, 6.45) is 13.4. The topological polar surface area (TPSA) is 46.8 Å². The van der Waals surface area contributed by atoms with E-state index in [4.69, 9.17) is 15.3 Å². The molecule has 0 atom stereocenters. The van der Waals surface area contributed by atoms with Gasteiger partial charge in [-0.15, -0.1) is 0 Å². The van der Waals surface area contributed by atoms with Crippen molar-refractivity contribution in [1.82, 2.24) is 15.0 Å². The van der Waals surface area contributed by atoms with Crippen LogP contribution in [0.4, 0.5) is 0 Å². The van der Waals surface area contributed by atoms with Gasteiger partial charge in [-0.1, -0.05) is 0 Å². The summed E-state index contributed by atoms with van der Waals surface area (Å²) in [5.74, 6) is 0. The van der Waals surface area contributed by atoms with E-state index >= 15 is 0 Å². The van der Waals surface area contributed by atoms with Gasteiger partial charge >= 0.3 is 0 Å². The van der Waals surface area contributed by atoms with Gasteiger partial charge in [-0.05, 0) is 71.6 Å². The van der Waals surface area contributed by atoms with Crippen molar-refractivity contribution in [3.63, 3.8) is 0 Å². The molecule has 0 aromatic carbocycles. The van der Waals surface area contributed by atoms with E-state index in [1.54, 1.807) is 0 Å². The van der Waals surface area contributed by atoms with E-state index in [-0.39, 0.29) is 0 Å². The highest BCUT2D eigenvalue weighted by atomic mass is 15.5. The van der Waals surface area contributed by atoms with Crippen molar-refractivity contribution in [3.8, 4) is 0 Å². The number of hydrogen-bond donors (Lipinski definition) is 0. The average molecular weight is 389 g/mol. The SMILES string of the molecule is C/C(CC(C/C(C)=N/N1CCCCC1)=NN1CCCCC1)=N\N1CCCCC1. The van der Waals surface area contributed by atoms with E-state index < -0.39 is 0 Å². The van der Waals surface area contributed by atoms with Crippen LogP contribution < -0.4 is 0 Å². The van der Waals surface area contributed by atoms with Crippen LogP contribution in [0.25, 0.3) is 0 Å². The molecular weight excluding hydrogens is 348 g/mol. The molecule has 0 unspecified atom stereocenters. The minimum absolute atomic E-state index is 0.861. The molecule has 0 aromatic heterocycles. The first-order valence-corrected chi connectivity index (χ1v) is 11.6. The Morgan fingerprint density at radius 3 is 1.18 bits per heavy atom. The fourth-order valence-electron chi connectivity index (χ4n) is 4.41. The van der Waals surface area contributed by atoms with Crippen LogP contribution in [0.3, 0.4) is 0 Å². The predicted octanol–water partition coefficient (Wildman–Crippen LogP) is 4.33. The Morgan fingerprint density at radius 2 is 0.821 bits per heavy atom. The van der Waals surface area contributed by atoms with Crippen LogP contribution in [-0.4, -0.2) is 71.4 Å². The first-order valence-electron chi connectivity index (χ1n) is 11.6. The predicted molar refractivity (Wildman–Crippen MR) is 119 cm³/mol. The first kappa shape index (κ1) is 21.1. The molecule has 0 N–H and O–H groups in total. The van der Waals surface area contributed by atoms with E-state index in [0.29, 0.717) is 0 Å². The number of rotatable bonds is 7. The van der Waals surface area contributed by atoms with Crippen LogP contribution in [0.5, 0.6) is 0 Å². The van der Waals surface area contributed by atoms with Crippen LogP contribution in [-0.2, 0) is 0 Å². The highest BCUT2D eigenvalue weighted by Crippen LogP contribution is 2.14. The molecule has 28 heavy (non-hydrogen) atoms. The monoisotopic (exact) mass is 388 g/mol. The second-order valence-electron chi connectivity index (χ2n) is 8.73. The van der Waals surface area contributed by atoms with Crippen molar-refractivity contribution >= 4 is 17.1 Å². The molecule has 158 valence electrons. The van der Waals surface area contributed by atoms with E-state index in [1.807, 2.05) is 0 Å². The maximum Gasteiger partial charge on any atom is 0.0494 e.